The molecule has 0 heterocycles. The summed E-state index contributed by atoms with van der Waals surface area (Å²) in [5, 5.41) is 5.00. The molecule has 3 nitrogen and oxygen atoms in total. The number of hydrogen-bond acceptors (Lipinski definition) is 2. The minimum absolute atomic E-state index is 0.261. The summed E-state index contributed by atoms with van der Waals surface area (Å²) in [6.45, 7) is 0. The number of nitrogens with one attached hydrogen (secondary N) is 2. The number of benzene rings is 2. The van der Waals surface area contributed by atoms with Crippen LogP contribution in [0.3, 0.4) is 0 Å². The average molecular weight is 312 g/mol. The van der Waals surface area contributed by atoms with Gasteiger partial charge in [0.05, 0.1) is 11.3 Å². The van der Waals surface area contributed by atoms with E-state index < -0.39 is 17.8 Å². The summed E-state index contributed by atoms with van der Waals surface area (Å²) >= 11 is 4.18. The zero-order valence-corrected chi connectivity index (χ0v) is 11.5. The lowest BCUT2D eigenvalue weighted by molar-refractivity contribution is -0.137. The maximum atomic E-state index is 12.4. The van der Waals surface area contributed by atoms with Crippen molar-refractivity contribution in [1.82, 2.24) is 0 Å². The molecule has 0 aromatic heterocycles. The Labute approximate surface area is 124 Å². The molecule has 0 saturated heterocycles. The number of hydrogen-bond donors (Lipinski definition) is 3. The van der Waals surface area contributed by atoms with E-state index >= 15 is 0 Å². The van der Waals surface area contributed by atoms with Crippen molar-refractivity contribution in [1.29, 1.82) is 0 Å². The van der Waals surface area contributed by atoms with E-state index in [-0.39, 0.29) is 5.69 Å². The summed E-state index contributed by atoms with van der Waals surface area (Å²) in [6, 6.07) is 10.5. The van der Waals surface area contributed by atoms with Gasteiger partial charge in [-0.2, -0.15) is 13.2 Å². The number of thiol groups is 1. The molecular formula is C14H11F3N2OS. The zero-order valence-electron chi connectivity index (χ0n) is 10.6. The fraction of sp³-hybridized carbons (Fsp3) is 0.0714. The van der Waals surface area contributed by atoms with Gasteiger partial charge in [-0.1, -0.05) is 12.1 Å². The lowest BCUT2D eigenvalue weighted by atomic mass is 10.2. The zero-order chi connectivity index (χ0) is 15.5. The van der Waals surface area contributed by atoms with Gasteiger partial charge in [0.1, 0.15) is 0 Å². The van der Waals surface area contributed by atoms with E-state index in [2.05, 4.69) is 23.3 Å². The van der Waals surface area contributed by atoms with Crippen LogP contribution in [0.15, 0.2) is 53.4 Å². The van der Waals surface area contributed by atoms with Crippen LogP contribution in [-0.4, -0.2) is 6.03 Å². The molecule has 7 heteroatoms. The smallest absolute Gasteiger partial charge is 0.308 e. The number of para-hydroxylation sites is 1. The van der Waals surface area contributed by atoms with Crippen LogP contribution in [0, 0.1) is 0 Å². The average Bonchev–Trinajstić information content (AvgIpc) is 2.41. The van der Waals surface area contributed by atoms with E-state index in [1.807, 2.05) is 0 Å². The number of rotatable bonds is 2. The van der Waals surface area contributed by atoms with Gasteiger partial charge >= 0.3 is 12.2 Å². The van der Waals surface area contributed by atoms with Crippen LogP contribution in [0.2, 0.25) is 0 Å². The van der Waals surface area contributed by atoms with Gasteiger partial charge in [0.15, 0.2) is 0 Å². The Bertz CT molecular complexity index is 641. The van der Waals surface area contributed by atoms with Crippen molar-refractivity contribution >= 4 is 30.0 Å². The molecular weight excluding hydrogens is 301 g/mol. The second-order valence-corrected chi connectivity index (χ2v) is 4.65. The third kappa shape index (κ3) is 4.16. The predicted octanol–water partition coefficient (Wildman–Crippen LogP) is 4.64. The Morgan fingerprint density at radius 2 is 1.57 bits per heavy atom. The molecule has 2 rings (SSSR count). The van der Waals surface area contributed by atoms with Gasteiger partial charge in [0.25, 0.3) is 0 Å². The third-order valence-electron chi connectivity index (χ3n) is 2.62. The maximum absolute atomic E-state index is 12.4. The lowest BCUT2D eigenvalue weighted by Crippen LogP contribution is -2.19. The molecule has 2 N–H and O–H groups in total. The molecule has 0 aliphatic rings. The summed E-state index contributed by atoms with van der Waals surface area (Å²) in [6.07, 6.45) is -4.40. The number of anilines is 2. The Balaban J connectivity index is 2.02. The van der Waals surface area contributed by atoms with Gasteiger partial charge in [-0.3, -0.25) is 0 Å². The molecule has 0 aliphatic carbocycles. The summed E-state index contributed by atoms with van der Waals surface area (Å²) < 4.78 is 37.2. The minimum atomic E-state index is -4.40. The maximum Gasteiger partial charge on any atom is 0.416 e. The first kappa shape index (κ1) is 15.2. The van der Waals surface area contributed by atoms with Crippen molar-refractivity contribution < 1.29 is 18.0 Å². The second-order valence-electron chi connectivity index (χ2n) is 4.17. The standard InChI is InChI=1S/C14H11F3N2OS/c15-14(16,17)9-5-7-10(8-6-9)18-13(20)19-11-3-1-2-4-12(11)21/h1-8,21H,(H2,18,19,20). The van der Waals surface area contributed by atoms with Gasteiger partial charge in [-0.15, -0.1) is 12.6 Å². The quantitative estimate of drug-likeness (QED) is 0.695. The topological polar surface area (TPSA) is 41.1 Å². The van der Waals surface area contributed by atoms with Crippen LogP contribution < -0.4 is 10.6 Å². The molecule has 21 heavy (non-hydrogen) atoms. The Kier molecular flexibility index (Phi) is 4.42. The lowest BCUT2D eigenvalue weighted by Gasteiger charge is -2.10. The van der Waals surface area contributed by atoms with Gasteiger partial charge in [0.2, 0.25) is 0 Å². The Hall–Kier alpha value is -2.15. The van der Waals surface area contributed by atoms with Crippen LogP contribution in [0.1, 0.15) is 5.56 Å². The highest BCUT2D eigenvalue weighted by atomic mass is 32.1. The van der Waals surface area contributed by atoms with E-state index in [0.717, 1.165) is 12.1 Å². The molecule has 0 unspecified atom stereocenters. The molecule has 2 amide bonds. The van der Waals surface area contributed by atoms with E-state index in [0.29, 0.717) is 10.6 Å². The van der Waals surface area contributed by atoms with E-state index in [4.69, 9.17) is 0 Å². The first-order valence-electron chi connectivity index (χ1n) is 5.89. The van der Waals surface area contributed by atoms with Gasteiger partial charge < -0.3 is 10.6 Å². The van der Waals surface area contributed by atoms with Gasteiger partial charge in [0, 0.05) is 10.6 Å². The fourth-order valence-electron chi connectivity index (χ4n) is 1.61. The predicted molar refractivity (Wildman–Crippen MR) is 77.8 cm³/mol. The normalized spacial score (nSPS) is 11.0. The van der Waals surface area contributed by atoms with E-state index in [9.17, 15) is 18.0 Å². The van der Waals surface area contributed by atoms with E-state index in [1.165, 1.54) is 12.1 Å². The minimum Gasteiger partial charge on any atom is -0.308 e. The molecule has 0 radical (unpaired) electrons. The number of carbonyl (C=O) groups is 1. The summed E-state index contributed by atoms with van der Waals surface area (Å²) in [5.74, 6) is 0. The van der Waals surface area contributed by atoms with Crippen LogP contribution in [-0.2, 0) is 6.18 Å². The molecule has 0 bridgehead atoms. The van der Waals surface area contributed by atoms with Crippen molar-refractivity contribution in [2.75, 3.05) is 10.6 Å². The van der Waals surface area contributed by atoms with Crippen molar-refractivity contribution in [3.05, 3.63) is 54.1 Å². The third-order valence-corrected chi connectivity index (χ3v) is 3.01. The van der Waals surface area contributed by atoms with Gasteiger partial charge in [-0.25, -0.2) is 4.79 Å². The molecule has 2 aromatic carbocycles. The number of urea groups is 1. The highest BCUT2D eigenvalue weighted by Gasteiger charge is 2.29. The van der Waals surface area contributed by atoms with Crippen LogP contribution in [0.4, 0.5) is 29.3 Å². The first-order chi connectivity index (χ1) is 9.86. The molecule has 0 spiro atoms. The van der Waals surface area contributed by atoms with Crippen molar-refractivity contribution in [3.63, 3.8) is 0 Å². The molecule has 0 atom stereocenters. The molecule has 2 aromatic rings. The monoisotopic (exact) mass is 312 g/mol. The number of halogens is 3. The molecule has 0 saturated carbocycles. The molecule has 0 aliphatic heterocycles. The van der Waals surface area contributed by atoms with Crippen molar-refractivity contribution in [3.8, 4) is 0 Å². The second kappa shape index (κ2) is 6.09. The van der Waals surface area contributed by atoms with Crippen LogP contribution in [0.5, 0.6) is 0 Å². The van der Waals surface area contributed by atoms with Crippen LogP contribution >= 0.6 is 12.6 Å². The Morgan fingerprint density at radius 3 is 2.14 bits per heavy atom. The number of amides is 2. The Morgan fingerprint density at radius 1 is 0.952 bits per heavy atom. The van der Waals surface area contributed by atoms with E-state index in [1.54, 1.807) is 24.3 Å². The van der Waals surface area contributed by atoms with Crippen molar-refractivity contribution in [2.24, 2.45) is 0 Å². The SMILES string of the molecule is O=C(Nc1ccc(C(F)(F)F)cc1)Nc1ccccc1S. The number of carbonyl (C=O) groups excluding carboxylic acids is 1. The largest absolute Gasteiger partial charge is 0.416 e. The van der Waals surface area contributed by atoms with Gasteiger partial charge in [-0.05, 0) is 36.4 Å². The summed E-state index contributed by atoms with van der Waals surface area (Å²) in [4.78, 5) is 12.3. The highest BCUT2D eigenvalue weighted by molar-refractivity contribution is 7.80. The van der Waals surface area contributed by atoms with Crippen molar-refractivity contribution in [2.45, 2.75) is 11.1 Å². The first-order valence-corrected chi connectivity index (χ1v) is 6.34. The number of alkyl halides is 3. The summed E-state index contributed by atoms with van der Waals surface area (Å²) in [7, 11) is 0. The highest BCUT2D eigenvalue weighted by Crippen LogP contribution is 2.29. The van der Waals surface area contributed by atoms with Crippen LogP contribution in [0.25, 0.3) is 0 Å². The molecule has 0 fully saturated rings. The summed E-state index contributed by atoms with van der Waals surface area (Å²) in [5.41, 5.74) is -0.00319. The molecule has 110 valence electrons. The fourth-order valence-corrected chi connectivity index (χ4v) is 1.82.